The number of carbonyl (C=O) groups excluding carboxylic acids is 1. The molecule has 0 unspecified atom stereocenters. The Kier molecular flexibility index (Phi) is 6.30. The minimum absolute atomic E-state index is 0.0953. The molecule has 0 bridgehead atoms. The van der Waals surface area contributed by atoms with Gasteiger partial charge in [0.05, 0.1) is 6.61 Å². The first-order valence-electron chi connectivity index (χ1n) is 7.73. The number of aliphatic hydroxyl groups excluding tert-OH is 1. The largest absolute Gasteiger partial charge is 0.395 e. The number of rotatable bonds is 5. The third kappa shape index (κ3) is 5.61. The van der Waals surface area contributed by atoms with E-state index in [-0.39, 0.29) is 12.5 Å². The molecule has 1 amide bonds. The lowest BCUT2D eigenvalue weighted by atomic mass is 10.0. The first-order valence-corrected chi connectivity index (χ1v) is 7.73. The molecule has 112 valence electrons. The maximum Gasteiger partial charge on any atom is 0.220 e. The van der Waals surface area contributed by atoms with Crippen molar-refractivity contribution < 1.29 is 9.90 Å². The summed E-state index contributed by atoms with van der Waals surface area (Å²) in [7, 11) is 0. The SMILES string of the molecule is O=C(CC1CCCC1)NCc1ccc(C#CCCO)cc1. The molecule has 0 aliphatic heterocycles. The van der Waals surface area contributed by atoms with E-state index >= 15 is 0 Å². The molecule has 0 heterocycles. The Bertz CT molecular complexity index is 504. The molecule has 1 saturated carbocycles. The van der Waals surface area contributed by atoms with Gasteiger partial charge in [-0.25, -0.2) is 0 Å². The minimum Gasteiger partial charge on any atom is -0.395 e. The summed E-state index contributed by atoms with van der Waals surface area (Å²) in [6.45, 7) is 0.675. The topological polar surface area (TPSA) is 49.3 Å². The van der Waals surface area contributed by atoms with Crippen molar-refractivity contribution in [3.63, 3.8) is 0 Å². The van der Waals surface area contributed by atoms with Crippen LogP contribution in [0.5, 0.6) is 0 Å². The summed E-state index contributed by atoms with van der Waals surface area (Å²) in [6.07, 6.45) is 6.13. The lowest BCUT2D eigenvalue weighted by Gasteiger charge is -2.09. The number of hydrogen-bond donors (Lipinski definition) is 2. The number of benzene rings is 1. The van der Waals surface area contributed by atoms with Gasteiger partial charge in [-0.15, -0.1) is 0 Å². The Morgan fingerprint density at radius 2 is 1.95 bits per heavy atom. The van der Waals surface area contributed by atoms with E-state index in [1.54, 1.807) is 0 Å². The number of carbonyl (C=O) groups is 1. The average molecular weight is 285 g/mol. The molecule has 1 aromatic carbocycles. The van der Waals surface area contributed by atoms with E-state index in [0.29, 0.717) is 25.3 Å². The quantitative estimate of drug-likeness (QED) is 0.817. The highest BCUT2D eigenvalue weighted by Crippen LogP contribution is 2.27. The van der Waals surface area contributed by atoms with Gasteiger partial charge in [0.1, 0.15) is 0 Å². The van der Waals surface area contributed by atoms with Gasteiger partial charge in [0.2, 0.25) is 5.91 Å². The van der Waals surface area contributed by atoms with Gasteiger partial charge < -0.3 is 10.4 Å². The molecule has 0 saturated heterocycles. The molecule has 2 rings (SSSR count). The average Bonchev–Trinajstić information content (AvgIpc) is 2.99. The van der Waals surface area contributed by atoms with E-state index in [1.807, 2.05) is 24.3 Å². The van der Waals surface area contributed by atoms with Crippen molar-refractivity contribution in [2.45, 2.75) is 45.1 Å². The Labute approximate surface area is 126 Å². The molecule has 1 aliphatic carbocycles. The summed E-state index contributed by atoms with van der Waals surface area (Å²) in [5.74, 6) is 6.63. The smallest absolute Gasteiger partial charge is 0.220 e. The summed E-state index contributed by atoms with van der Waals surface area (Å²) in [6, 6.07) is 7.86. The molecule has 0 spiro atoms. The fraction of sp³-hybridized carbons (Fsp3) is 0.500. The summed E-state index contributed by atoms with van der Waals surface area (Å²) < 4.78 is 0. The molecule has 0 aromatic heterocycles. The second-order valence-corrected chi connectivity index (χ2v) is 5.60. The van der Waals surface area contributed by atoms with Crippen molar-refractivity contribution in [1.82, 2.24) is 5.32 Å². The highest BCUT2D eigenvalue weighted by Gasteiger charge is 2.17. The second kappa shape index (κ2) is 8.49. The van der Waals surface area contributed by atoms with Crippen molar-refractivity contribution in [3.05, 3.63) is 35.4 Å². The molecule has 3 heteroatoms. The zero-order valence-corrected chi connectivity index (χ0v) is 12.4. The molecule has 21 heavy (non-hydrogen) atoms. The van der Waals surface area contributed by atoms with Gasteiger partial charge in [0, 0.05) is 24.9 Å². The fourth-order valence-electron chi connectivity index (χ4n) is 2.68. The van der Waals surface area contributed by atoms with Crippen LogP contribution in [0.4, 0.5) is 0 Å². The normalized spacial score (nSPS) is 14.5. The minimum atomic E-state index is 0.0953. The Morgan fingerprint density at radius 1 is 1.24 bits per heavy atom. The Morgan fingerprint density at radius 3 is 2.62 bits per heavy atom. The maximum atomic E-state index is 11.9. The van der Waals surface area contributed by atoms with E-state index in [4.69, 9.17) is 5.11 Å². The van der Waals surface area contributed by atoms with Gasteiger partial charge >= 0.3 is 0 Å². The van der Waals surface area contributed by atoms with Crippen LogP contribution in [0.25, 0.3) is 0 Å². The van der Waals surface area contributed by atoms with Gasteiger partial charge in [-0.05, 0) is 36.5 Å². The number of nitrogens with one attached hydrogen (secondary N) is 1. The standard InChI is InChI=1S/C18H23NO2/c20-12-4-3-5-15-8-10-17(11-9-15)14-19-18(21)13-16-6-1-2-7-16/h8-11,16,20H,1-2,4,6-7,12-14H2,(H,19,21). The van der Waals surface area contributed by atoms with Crippen LogP contribution in [-0.4, -0.2) is 17.6 Å². The van der Waals surface area contributed by atoms with Crippen LogP contribution in [0, 0.1) is 17.8 Å². The zero-order chi connectivity index (χ0) is 14.9. The molecule has 1 aromatic rings. The molecule has 3 nitrogen and oxygen atoms in total. The van der Waals surface area contributed by atoms with Gasteiger partial charge in [-0.2, -0.15) is 0 Å². The van der Waals surface area contributed by atoms with Gasteiger partial charge in [0.15, 0.2) is 0 Å². The molecule has 2 N–H and O–H groups in total. The van der Waals surface area contributed by atoms with Crippen LogP contribution in [0.15, 0.2) is 24.3 Å². The third-order valence-electron chi connectivity index (χ3n) is 3.86. The summed E-state index contributed by atoms with van der Waals surface area (Å²) in [5, 5.41) is 11.7. The lowest BCUT2D eigenvalue weighted by Crippen LogP contribution is -2.24. The van der Waals surface area contributed by atoms with Crippen LogP contribution < -0.4 is 5.32 Å². The first-order chi connectivity index (χ1) is 10.3. The fourth-order valence-corrected chi connectivity index (χ4v) is 2.68. The molecule has 0 radical (unpaired) electrons. The number of hydrogen-bond acceptors (Lipinski definition) is 2. The number of aliphatic hydroxyl groups is 1. The molecule has 1 fully saturated rings. The van der Waals surface area contributed by atoms with E-state index in [0.717, 1.165) is 11.1 Å². The van der Waals surface area contributed by atoms with Crippen molar-refractivity contribution in [2.75, 3.05) is 6.61 Å². The van der Waals surface area contributed by atoms with E-state index < -0.39 is 0 Å². The predicted molar refractivity (Wildman–Crippen MR) is 83.4 cm³/mol. The van der Waals surface area contributed by atoms with Crippen molar-refractivity contribution in [3.8, 4) is 11.8 Å². The zero-order valence-electron chi connectivity index (χ0n) is 12.4. The predicted octanol–water partition coefficient (Wildman–Crippen LogP) is 2.62. The van der Waals surface area contributed by atoms with E-state index in [9.17, 15) is 4.79 Å². The van der Waals surface area contributed by atoms with E-state index in [1.165, 1.54) is 25.7 Å². The van der Waals surface area contributed by atoms with Crippen LogP contribution in [0.3, 0.4) is 0 Å². The van der Waals surface area contributed by atoms with Gasteiger partial charge in [0.25, 0.3) is 0 Å². The van der Waals surface area contributed by atoms with Crippen molar-refractivity contribution >= 4 is 5.91 Å². The lowest BCUT2D eigenvalue weighted by molar-refractivity contribution is -0.122. The van der Waals surface area contributed by atoms with Gasteiger partial charge in [-0.3, -0.25) is 4.79 Å². The maximum absolute atomic E-state index is 11.9. The first kappa shape index (κ1) is 15.6. The second-order valence-electron chi connectivity index (χ2n) is 5.60. The Hall–Kier alpha value is -1.79. The monoisotopic (exact) mass is 285 g/mol. The molecule has 1 aliphatic rings. The van der Waals surface area contributed by atoms with Gasteiger partial charge in [-0.1, -0.05) is 36.8 Å². The Balaban J connectivity index is 1.75. The van der Waals surface area contributed by atoms with Crippen LogP contribution in [-0.2, 0) is 11.3 Å². The van der Waals surface area contributed by atoms with Crippen LogP contribution in [0.2, 0.25) is 0 Å². The van der Waals surface area contributed by atoms with E-state index in [2.05, 4.69) is 17.2 Å². The molecular weight excluding hydrogens is 262 g/mol. The van der Waals surface area contributed by atoms with Crippen LogP contribution >= 0.6 is 0 Å². The molecular formula is C18H23NO2. The van der Waals surface area contributed by atoms with Crippen molar-refractivity contribution in [1.29, 1.82) is 0 Å². The summed E-state index contributed by atoms with van der Waals surface area (Å²) >= 11 is 0. The van der Waals surface area contributed by atoms with Crippen LogP contribution in [0.1, 0.15) is 49.7 Å². The summed E-state index contributed by atoms with van der Waals surface area (Å²) in [5.41, 5.74) is 2.02. The number of amides is 1. The summed E-state index contributed by atoms with van der Waals surface area (Å²) in [4.78, 5) is 11.9. The third-order valence-corrected chi connectivity index (χ3v) is 3.86. The van der Waals surface area contributed by atoms with Crippen molar-refractivity contribution in [2.24, 2.45) is 5.92 Å². The molecule has 0 atom stereocenters. The highest BCUT2D eigenvalue weighted by atomic mass is 16.2. The highest BCUT2D eigenvalue weighted by molar-refractivity contribution is 5.76.